The van der Waals surface area contributed by atoms with E-state index in [9.17, 15) is 9.90 Å². The van der Waals surface area contributed by atoms with E-state index in [1.807, 2.05) is 13.0 Å². The van der Waals surface area contributed by atoms with Crippen LogP contribution >= 0.6 is 0 Å². The molecule has 2 aromatic rings. The van der Waals surface area contributed by atoms with Crippen LogP contribution in [0.25, 0.3) is 11.3 Å². The zero-order valence-corrected chi connectivity index (χ0v) is 13.4. The average molecular weight is 329 g/mol. The van der Waals surface area contributed by atoms with Gasteiger partial charge in [-0.15, -0.1) is 0 Å². The number of aromatic nitrogens is 2. The fourth-order valence-corrected chi connectivity index (χ4v) is 2.56. The number of ether oxygens (including phenoxy) is 2. The van der Waals surface area contributed by atoms with E-state index in [1.165, 1.54) is 0 Å². The van der Waals surface area contributed by atoms with Crippen molar-refractivity contribution in [2.24, 2.45) is 0 Å². The monoisotopic (exact) mass is 329 g/mol. The van der Waals surface area contributed by atoms with Crippen LogP contribution in [0, 0.1) is 0 Å². The molecule has 0 aliphatic carbocycles. The second kappa shape index (κ2) is 7.27. The lowest BCUT2D eigenvalue weighted by Gasteiger charge is -2.26. The Morgan fingerprint density at radius 1 is 1.33 bits per heavy atom. The number of rotatable bonds is 5. The van der Waals surface area contributed by atoms with Crippen LogP contribution in [0.5, 0.6) is 5.75 Å². The molecule has 7 nitrogen and oxygen atoms in total. The number of anilines is 1. The SMILES string of the molecule is CCOc1ccc(-c2ccnc(N3CCOCC3)n2)cc1C(=O)O. The molecule has 0 spiro atoms. The van der Waals surface area contributed by atoms with Crippen LogP contribution in [-0.2, 0) is 4.74 Å². The van der Waals surface area contributed by atoms with E-state index in [0.717, 1.165) is 13.1 Å². The summed E-state index contributed by atoms with van der Waals surface area (Å²) >= 11 is 0. The maximum absolute atomic E-state index is 11.5. The van der Waals surface area contributed by atoms with Crippen molar-refractivity contribution in [1.29, 1.82) is 0 Å². The van der Waals surface area contributed by atoms with Gasteiger partial charge >= 0.3 is 5.97 Å². The number of carboxylic acid groups (broad SMARTS) is 1. The Morgan fingerprint density at radius 3 is 2.83 bits per heavy atom. The van der Waals surface area contributed by atoms with Crippen LogP contribution in [-0.4, -0.2) is 54.0 Å². The van der Waals surface area contributed by atoms with Crippen LogP contribution in [0.3, 0.4) is 0 Å². The number of hydrogen-bond donors (Lipinski definition) is 1. The van der Waals surface area contributed by atoms with E-state index >= 15 is 0 Å². The number of morpholine rings is 1. The Bertz CT molecular complexity index is 730. The number of carbonyl (C=O) groups is 1. The predicted molar refractivity (Wildman–Crippen MR) is 88.6 cm³/mol. The highest BCUT2D eigenvalue weighted by Gasteiger charge is 2.16. The lowest BCUT2D eigenvalue weighted by Crippen LogP contribution is -2.37. The molecule has 126 valence electrons. The highest BCUT2D eigenvalue weighted by atomic mass is 16.5. The van der Waals surface area contributed by atoms with Gasteiger partial charge in [-0.05, 0) is 31.2 Å². The Morgan fingerprint density at radius 2 is 2.12 bits per heavy atom. The van der Waals surface area contributed by atoms with Crippen LogP contribution in [0.2, 0.25) is 0 Å². The van der Waals surface area contributed by atoms with Gasteiger partial charge in [0.1, 0.15) is 11.3 Å². The molecule has 1 aliphatic rings. The molecular formula is C17H19N3O4. The van der Waals surface area contributed by atoms with Gasteiger partial charge in [0.2, 0.25) is 5.95 Å². The molecule has 1 fully saturated rings. The quantitative estimate of drug-likeness (QED) is 0.899. The molecule has 0 unspecified atom stereocenters. The zero-order valence-electron chi connectivity index (χ0n) is 13.4. The second-order valence-corrected chi connectivity index (χ2v) is 5.29. The van der Waals surface area contributed by atoms with Gasteiger partial charge in [-0.1, -0.05) is 0 Å². The van der Waals surface area contributed by atoms with Gasteiger partial charge < -0.3 is 19.5 Å². The number of hydrogen-bond acceptors (Lipinski definition) is 6. The van der Waals surface area contributed by atoms with Gasteiger partial charge in [-0.3, -0.25) is 0 Å². The molecular weight excluding hydrogens is 310 g/mol. The first-order chi connectivity index (χ1) is 11.7. The minimum Gasteiger partial charge on any atom is -0.493 e. The Kier molecular flexibility index (Phi) is 4.90. The van der Waals surface area contributed by atoms with Crippen LogP contribution in [0.1, 0.15) is 17.3 Å². The third-order valence-electron chi connectivity index (χ3n) is 3.74. The summed E-state index contributed by atoms with van der Waals surface area (Å²) in [6, 6.07) is 6.83. The van der Waals surface area contributed by atoms with Crippen molar-refractivity contribution in [3.63, 3.8) is 0 Å². The summed E-state index contributed by atoms with van der Waals surface area (Å²) in [5, 5.41) is 9.39. The second-order valence-electron chi connectivity index (χ2n) is 5.29. The smallest absolute Gasteiger partial charge is 0.339 e. The van der Waals surface area contributed by atoms with Crippen LogP contribution in [0.4, 0.5) is 5.95 Å². The molecule has 0 saturated carbocycles. The first kappa shape index (κ1) is 16.2. The first-order valence-corrected chi connectivity index (χ1v) is 7.85. The van der Waals surface area contributed by atoms with Crippen molar-refractivity contribution in [3.05, 3.63) is 36.0 Å². The molecule has 1 aromatic carbocycles. The van der Waals surface area contributed by atoms with E-state index in [2.05, 4.69) is 14.9 Å². The topological polar surface area (TPSA) is 84.8 Å². The Labute approximate surface area is 139 Å². The average Bonchev–Trinajstić information content (AvgIpc) is 2.63. The largest absolute Gasteiger partial charge is 0.493 e. The zero-order chi connectivity index (χ0) is 16.9. The molecule has 0 amide bonds. The Balaban J connectivity index is 1.93. The van der Waals surface area contributed by atoms with Gasteiger partial charge in [0.15, 0.2) is 0 Å². The summed E-state index contributed by atoms with van der Waals surface area (Å²) in [5.41, 5.74) is 1.52. The maximum Gasteiger partial charge on any atom is 0.339 e. The molecule has 1 N–H and O–H groups in total. The van der Waals surface area contributed by atoms with Crippen molar-refractivity contribution in [2.45, 2.75) is 6.92 Å². The molecule has 1 saturated heterocycles. The fourth-order valence-electron chi connectivity index (χ4n) is 2.56. The van der Waals surface area contributed by atoms with Crippen molar-refractivity contribution >= 4 is 11.9 Å². The summed E-state index contributed by atoms with van der Waals surface area (Å²) in [5.74, 6) is -0.0412. The standard InChI is InChI=1S/C17H19N3O4/c1-2-24-15-4-3-12(11-13(15)16(21)22)14-5-6-18-17(19-14)20-7-9-23-10-8-20/h3-6,11H,2,7-10H2,1H3,(H,21,22). The third-order valence-corrected chi connectivity index (χ3v) is 3.74. The maximum atomic E-state index is 11.5. The number of benzene rings is 1. The highest BCUT2D eigenvalue weighted by molar-refractivity contribution is 5.92. The number of aromatic carboxylic acids is 1. The predicted octanol–water partition coefficient (Wildman–Crippen LogP) is 2.08. The highest BCUT2D eigenvalue weighted by Crippen LogP contribution is 2.26. The van der Waals surface area contributed by atoms with Gasteiger partial charge in [-0.2, -0.15) is 0 Å². The van der Waals surface area contributed by atoms with Gasteiger partial charge in [0.05, 0.1) is 25.5 Å². The van der Waals surface area contributed by atoms with E-state index < -0.39 is 5.97 Å². The van der Waals surface area contributed by atoms with Crippen molar-refractivity contribution in [2.75, 3.05) is 37.8 Å². The van der Waals surface area contributed by atoms with Gasteiger partial charge in [-0.25, -0.2) is 14.8 Å². The molecule has 0 atom stereocenters. The van der Waals surface area contributed by atoms with Gasteiger partial charge in [0.25, 0.3) is 0 Å². The molecule has 1 aromatic heterocycles. The van der Waals surface area contributed by atoms with E-state index in [4.69, 9.17) is 9.47 Å². The summed E-state index contributed by atoms with van der Waals surface area (Å²) < 4.78 is 10.7. The number of nitrogens with zero attached hydrogens (tertiary/aromatic N) is 3. The lowest BCUT2D eigenvalue weighted by atomic mass is 10.1. The summed E-state index contributed by atoms with van der Waals surface area (Å²) in [7, 11) is 0. The van der Waals surface area contributed by atoms with Crippen molar-refractivity contribution in [3.8, 4) is 17.0 Å². The minimum absolute atomic E-state index is 0.126. The van der Waals surface area contributed by atoms with Crippen LogP contribution in [0.15, 0.2) is 30.5 Å². The normalized spacial score (nSPS) is 14.5. The summed E-state index contributed by atoms with van der Waals surface area (Å²) in [4.78, 5) is 22.4. The van der Waals surface area contributed by atoms with E-state index in [-0.39, 0.29) is 5.56 Å². The van der Waals surface area contributed by atoms with E-state index in [0.29, 0.717) is 42.8 Å². The molecule has 1 aliphatic heterocycles. The molecule has 2 heterocycles. The van der Waals surface area contributed by atoms with Crippen molar-refractivity contribution in [1.82, 2.24) is 9.97 Å². The minimum atomic E-state index is -1.03. The first-order valence-electron chi connectivity index (χ1n) is 7.85. The van der Waals surface area contributed by atoms with Crippen LogP contribution < -0.4 is 9.64 Å². The van der Waals surface area contributed by atoms with Gasteiger partial charge in [0, 0.05) is 24.8 Å². The lowest BCUT2D eigenvalue weighted by molar-refractivity contribution is 0.0692. The molecule has 0 bridgehead atoms. The number of carboxylic acids is 1. The van der Waals surface area contributed by atoms with Crippen molar-refractivity contribution < 1.29 is 19.4 Å². The third kappa shape index (κ3) is 3.46. The molecule has 0 radical (unpaired) electrons. The molecule has 3 rings (SSSR count). The molecule has 7 heteroatoms. The Hall–Kier alpha value is -2.67. The summed E-state index contributed by atoms with van der Waals surface area (Å²) in [6.07, 6.45) is 1.68. The molecule has 24 heavy (non-hydrogen) atoms. The van der Waals surface area contributed by atoms with E-state index in [1.54, 1.807) is 24.4 Å². The fraction of sp³-hybridized carbons (Fsp3) is 0.353. The summed E-state index contributed by atoms with van der Waals surface area (Å²) in [6.45, 7) is 5.02.